The summed E-state index contributed by atoms with van der Waals surface area (Å²) in [5.74, 6) is -1.94. The summed E-state index contributed by atoms with van der Waals surface area (Å²) in [4.78, 5) is 0.342. The molecule has 4 rings (SSSR count). The van der Waals surface area contributed by atoms with Gasteiger partial charge in [0, 0.05) is 10.8 Å². The molecule has 0 heterocycles. The molecule has 0 fully saturated rings. The number of hydrogen-bond donors (Lipinski definition) is 3. The third-order valence-electron chi connectivity index (χ3n) is 5.04. The Labute approximate surface area is 199 Å². The predicted molar refractivity (Wildman–Crippen MR) is 131 cm³/mol. The van der Waals surface area contributed by atoms with Crippen LogP contribution in [0.25, 0.3) is 21.9 Å². The maximum atomic E-state index is 13.5. The number of sulfonamides is 1. The molecule has 0 aliphatic heterocycles. The first-order chi connectivity index (χ1) is 16.2. The summed E-state index contributed by atoms with van der Waals surface area (Å²) in [7, 11) is -4.02. The Kier molecular flexibility index (Phi) is 6.49. The molecule has 0 aliphatic rings. The first kappa shape index (κ1) is 23.6. The summed E-state index contributed by atoms with van der Waals surface area (Å²) in [5.41, 5.74) is 1.19. The molecule has 0 amide bonds. The largest absolute Gasteiger partial charge is 0.512 e. The number of halogens is 2. The lowest BCUT2D eigenvalue weighted by Crippen LogP contribution is -2.13. The molecule has 0 aliphatic carbocycles. The lowest BCUT2D eigenvalue weighted by molar-refractivity contribution is 0.420. The van der Waals surface area contributed by atoms with Crippen molar-refractivity contribution in [3.05, 3.63) is 96.8 Å². The van der Waals surface area contributed by atoms with Gasteiger partial charge in [-0.1, -0.05) is 49.0 Å². The quantitative estimate of drug-likeness (QED) is 0.154. The minimum Gasteiger partial charge on any atom is -0.512 e. The molecule has 4 aromatic rings. The van der Waals surface area contributed by atoms with Crippen molar-refractivity contribution >= 4 is 38.2 Å². The summed E-state index contributed by atoms with van der Waals surface area (Å²) in [5, 5.41) is 21.0. The Bertz CT molecular complexity index is 1500. The minimum atomic E-state index is -4.02. The number of thioether (sulfide) groups is 1. The van der Waals surface area contributed by atoms with Crippen LogP contribution in [0.3, 0.4) is 0 Å². The molecule has 0 saturated heterocycles. The van der Waals surface area contributed by atoms with E-state index < -0.39 is 21.7 Å². The fraction of sp³-hybridized carbons (Fsp3) is 0.0400. The zero-order valence-electron chi connectivity index (χ0n) is 17.6. The number of rotatable bonds is 7. The highest BCUT2D eigenvalue weighted by Crippen LogP contribution is 2.40. The summed E-state index contributed by atoms with van der Waals surface area (Å²) in [6, 6.07) is 17.5. The van der Waals surface area contributed by atoms with Crippen molar-refractivity contribution in [3.63, 3.8) is 0 Å². The zero-order chi connectivity index (χ0) is 24.5. The molecule has 9 heteroatoms. The van der Waals surface area contributed by atoms with Crippen LogP contribution in [0.1, 0.15) is 0 Å². The van der Waals surface area contributed by atoms with Gasteiger partial charge in [0.25, 0.3) is 10.0 Å². The van der Waals surface area contributed by atoms with E-state index in [-0.39, 0.29) is 27.8 Å². The topological polar surface area (TPSA) is 86.6 Å². The first-order valence-electron chi connectivity index (χ1n) is 9.98. The second kappa shape index (κ2) is 9.36. The van der Waals surface area contributed by atoms with Gasteiger partial charge in [0.15, 0.2) is 11.6 Å². The molecule has 5 nitrogen and oxygen atoms in total. The Balaban J connectivity index is 1.69. The maximum absolute atomic E-state index is 13.5. The van der Waals surface area contributed by atoms with Crippen molar-refractivity contribution in [1.82, 2.24) is 0 Å². The Morgan fingerprint density at radius 2 is 1.56 bits per heavy atom. The summed E-state index contributed by atoms with van der Waals surface area (Å²) < 4.78 is 55.5. The van der Waals surface area contributed by atoms with Crippen molar-refractivity contribution in [2.75, 3.05) is 10.5 Å². The van der Waals surface area contributed by atoms with Gasteiger partial charge in [-0.15, -0.1) is 11.8 Å². The third kappa shape index (κ3) is 4.85. The highest BCUT2D eigenvalue weighted by atomic mass is 32.2. The maximum Gasteiger partial charge on any atom is 0.261 e. The molecule has 174 valence electrons. The van der Waals surface area contributed by atoms with E-state index in [9.17, 15) is 27.4 Å². The molecule has 0 radical (unpaired) electrons. The summed E-state index contributed by atoms with van der Waals surface area (Å²) >= 11 is 1.12. The second-order valence-corrected chi connectivity index (χ2v) is 10.1. The summed E-state index contributed by atoms with van der Waals surface area (Å²) in [6.07, 6.45) is 0. The first-order valence-corrected chi connectivity index (χ1v) is 12.4. The fourth-order valence-electron chi connectivity index (χ4n) is 3.40. The van der Waals surface area contributed by atoms with Gasteiger partial charge in [0.1, 0.15) is 5.75 Å². The van der Waals surface area contributed by atoms with Crippen LogP contribution in [0.4, 0.5) is 14.5 Å². The van der Waals surface area contributed by atoms with E-state index in [4.69, 9.17) is 0 Å². The highest BCUT2D eigenvalue weighted by Gasteiger charge is 2.19. The van der Waals surface area contributed by atoms with Gasteiger partial charge in [-0.3, -0.25) is 4.72 Å². The van der Waals surface area contributed by atoms with Crippen LogP contribution < -0.4 is 4.72 Å². The predicted octanol–water partition coefficient (Wildman–Crippen LogP) is 6.46. The van der Waals surface area contributed by atoms with Gasteiger partial charge >= 0.3 is 0 Å². The standard InChI is InChI=1S/C25H19F2NO4S2/c1-15(29)14-33-24-13-23(19-4-2-3-5-20(19)25(24)30)28-34(31,32)18-9-6-16(7-10-18)17-8-11-21(26)22(27)12-17/h2-13,28-30H,1,14H2. The van der Waals surface area contributed by atoms with E-state index >= 15 is 0 Å². The number of anilines is 1. The normalized spacial score (nSPS) is 11.5. The average molecular weight is 500 g/mol. The van der Waals surface area contributed by atoms with E-state index in [0.29, 0.717) is 26.8 Å². The Morgan fingerprint density at radius 1 is 0.912 bits per heavy atom. The minimum absolute atomic E-state index is 0.0271. The van der Waals surface area contributed by atoms with Crippen LogP contribution in [0.15, 0.2) is 94.9 Å². The summed E-state index contributed by atoms with van der Waals surface area (Å²) in [6.45, 7) is 3.42. The van der Waals surface area contributed by atoms with Crippen molar-refractivity contribution in [1.29, 1.82) is 0 Å². The van der Waals surface area contributed by atoms with Gasteiger partial charge in [-0.05, 0) is 41.5 Å². The van der Waals surface area contributed by atoms with Crippen LogP contribution >= 0.6 is 11.8 Å². The van der Waals surface area contributed by atoms with E-state index in [1.165, 1.54) is 36.4 Å². The average Bonchev–Trinajstić information content (AvgIpc) is 2.82. The van der Waals surface area contributed by atoms with Crippen LogP contribution in [-0.2, 0) is 10.0 Å². The number of fused-ring (bicyclic) bond motifs is 1. The van der Waals surface area contributed by atoms with E-state index in [1.807, 2.05) is 0 Å². The molecular weight excluding hydrogens is 480 g/mol. The third-order valence-corrected chi connectivity index (χ3v) is 7.52. The van der Waals surface area contributed by atoms with Gasteiger partial charge in [-0.25, -0.2) is 17.2 Å². The van der Waals surface area contributed by atoms with Crippen molar-refractivity contribution < 1.29 is 27.4 Å². The van der Waals surface area contributed by atoms with Gasteiger partial charge in [0.05, 0.1) is 27.0 Å². The van der Waals surface area contributed by atoms with Crippen molar-refractivity contribution in [2.45, 2.75) is 9.79 Å². The lowest BCUT2D eigenvalue weighted by atomic mass is 10.1. The molecule has 0 saturated carbocycles. The monoisotopic (exact) mass is 499 g/mol. The van der Waals surface area contributed by atoms with Crippen LogP contribution in [-0.4, -0.2) is 24.4 Å². The SMILES string of the molecule is C=C(O)CSc1cc(NS(=O)(=O)c2ccc(-c3ccc(F)c(F)c3)cc2)c2ccccc2c1O. The smallest absolute Gasteiger partial charge is 0.261 e. The molecule has 0 unspecified atom stereocenters. The Hall–Kier alpha value is -3.56. The molecule has 0 aromatic heterocycles. The molecular formula is C25H19F2NO4S2. The van der Waals surface area contributed by atoms with E-state index in [2.05, 4.69) is 11.3 Å². The number of benzene rings is 4. The second-order valence-electron chi connectivity index (χ2n) is 7.43. The van der Waals surface area contributed by atoms with Gasteiger partial charge in [0.2, 0.25) is 0 Å². The van der Waals surface area contributed by atoms with Gasteiger partial charge < -0.3 is 10.2 Å². The number of nitrogens with one attached hydrogen (secondary N) is 1. The van der Waals surface area contributed by atoms with Crippen molar-refractivity contribution in [2.24, 2.45) is 0 Å². The molecule has 0 atom stereocenters. The molecule has 34 heavy (non-hydrogen) atoms. The van der Waals surface area contributed by atoms with Crippen molar-refractivity contribution in [3.8, 4) is 16.9 Å². The van der Waals surface area contributed by atoms with Crippen LogP contribution in [0.5, 0.6) is 5.75 Å². The number of hydrogen-bond acceptors (Lipinski definition) is 5. The lowest BCUT2D eigenvalue weighted by Gasteiger charge is -2.15. The number of aromatic hydroxyl groups is 1. The number of aliphatic hydroxyl groups is 1. The van der Waals surface area contributed by atoms with E-state index in [1.54, 1.807) is 24.3 Å². The van der Waals surface area contributed by atoms with Gasteiger partial charge in [-0.2, -0.15) is 0 Å². The highest BCUT2D eigenvalue weighted by molar-refractivity contribution is 7.99. The molecule has 3 N–H and O–H groups in total. The molecule has 0 bridgehead atoms. The number of aliphatic hydroxyl groups excluding tert-OH is 1. The molecule has 0 spiro atoms. The van der Waals surface area contributed by atoms with Crippen LogP contribution in [0, 0.1) is 11.6 Å². The van der Waals surface area contributed by atoms with E-state index in [0.717, 1.165) is 23.9 Å². The number of phenols is 1. The van der Waals surface area contributed by atoms with Crippen LogP contribution in [0.2, 0.25) is 0 Å². The Morgan fingerprint density at radius 3 is 2.21 bits per heavy atom. The fourth-order valence-corrected chi connectivity index (χ4v) is 5.24. The molecule has 4 aromatic carbocycles. The number of phenolic OH excluding ortho intramolecular Hbond substituents is 1. The zero-order valence-corrected chi connectivity index (χ0v) is 19.3.